The zero-order chi connectivity index (χ0) is 29.6. The summed E-state index contributed by atoms with van der Waals surface area (Å²) in [5.74, 6) is 0.115. The number of aromatic hydroxyl groups is 1. The Labute approximate surface area is 235 Å². The molecule has 2 aromatic heterocycles. The van der Waals surface area contributed by atoms with Gasteiger partial charge in [0.15, 0.2) is 0 Å². The van der Waals surface area contributed by atoms with Crippen LogP contribution in [-0.2, 0) is 21.8 Å². The Balaban J connectivity index is 1.88. The van der Waals surface area contributed by atoms with Crippen molar-refractivity contribution in [3.8, 4) is 11.8 Å². The van der Waals surface area contributed by atoms with Crippen LogP contribution in [0.4, 0.5) is 4.79 Å². The molecule has 10 heteroatoms. The van der Waals surface area contributed by atoms with Crippen molar-refractivity contribution in [2.75, 3.05) is 6.61 Å². The highest BCUT2D eigenvalue weighted by Crippen LogP contribution is 2.42. The van der Waals surface area contributed by atoms with Gasteiger partial charge in [0.2, 0.25) is 0 Å². The van der Waals surface area contributed by atoms with E-state index in [9.17, 15) is 20.3 Å². The Morgan fingerprint density at radius 2 is 1.85 bits per heavy atom. The summed E-state index contributed by atoms with van der Waals surface area (Å²) in [6.45, 7) is 16.2. The number of phenols is 1. The Morgan fingerprint density at radius 1 is 1.15 bits per heavy atom. The van der Waals surface area contributed by atoms with E-state index in [-0.39, 0.29) is 23.9 Å². The molecule has 2 aromatic carbocycles. The Morgan fingerprint density at radius 3 is 2.48 bits per heavy atom. The summed E-state index contributed by atoms with van der Waals surface area (Å²) in [6.07, 6.45) is 1.01. The number of carbonyl (C=O) groups is 1. The van der Waals surface area contributed by atoms with Crippen molar-refractivity contribution in [2.24, 2.45) is 0 Å². The summed E-state index contributed by atoms with van der Waals surface area (Å²) < 4.78 is 14.8. The van der Waals surface area contributed by atoms with E-state index >= 15 is 0 Å². The third-order valence-corrected chi connectivity index (χ3v) is 8.45. The van der Waals surface area contributed by atoms with Crippen LogP contribution in [0.5, 0.6) is 5.75 Å². The van der Waals surface area contributed by atoms with E-state index in [1.165, 1.54) is 10.6 Å². The van der Waals surface area contributed by atoms with Crippen molar-refractivity contribution in [3.63, 3.8) is 0 Å². The summed E-state index contributed by atoms with van der Waals surface area (Å²) in [7, 11) is -1.33. The van der Waals surface area contributed by atoms with Crippen molar-refractivity contribution in [3.05, 3.63) is 59.0 Å². The van der Waals surface area contributed by atoms with Crippen molar-refractivity contribution in [1.82, 2.24) is 14.1 Å². The molecule has 0 radical (unpaired) electrons. The first kappa shape index (κ1) is 29.3. The number of benzene rings is 2. The molecule has 0 amide bonds. The number of rotatable bonds is 7. The number of nitriles is 1. The predicted molar refractivity (Wildman–Crippen MR) is 157 cm³/mol. The minimum atomic E-state index is -1.80. The van der Waals surface area contributed by atoms with Gasteiger partial charge in [-0.15, -0.1) is 0 Å². The maximum absolute atomic E-state index is 13.0. The first-order valence-electron chi connectivity index (χ1n) is 13.3. The maximum atomic E-state index is 13.0. The van der Waals surface area contributed by atoms with Crippen molar-refractivity contribution >= 4 is 36.1 Å². The largest absolute Gasteiger partial charge is 0.508 e. The van der Waals surface area contributed by atoms with E-state index in [0.717, 1.165) is 6.04 Å². The van der Waals surface area contributed by atoms with Crippen LogP contribution in [0.3, 0.4) is 0 Å². The topological polar surface area (TPSA) is 123 Å². The number of carbonyl (C=O) groups excluding carboxylic acids is 1. The van der Waals surface area contributed by atoms with E-state index < -0.39 is 25.4 Å². The number of fused-ring (bicyclic) bond motifs is 2. The van der Waals surface area contributed by atoms with Crippen LogP contribution in [0.25, 0.3) is 21.9 Å². The summed E-state index contributed by atoms with van der Waals surface area (Å²) in [6, 6.07) is 11.4. The Hall–Kier alpha value is -3.65. The van der Waals surface area contributed by atoms with Gasteiger partial charge in [-0.3, -0.25) is 4.57 Å². The molecule has 2 N–H and O–H groups in total. The van der Waals surface area contributed by atoms with Gasteiger partial charge >= 0.3 is 6.09 Å². The van der Waals surface area contributed by atoms with Crippen molar-refractivity contribution < 1.29 is 24.5 Å². The number of ether oxygens (including phenoxy) is 2. The molecule has 1 unspecified atom stereocenters. The molecule has 0 fully saturated rings. The quantitative estimate of drug-likeness (QED) is 0.202. The molecule has 212 valence electrons. The third-order valence-electron chi connectivity index (χ3n) is 6.75. The van der Waals surface area contributed by atoms with Gasteiger partial charge in [0.1, 0.15) is 29.5 Å². The summed E-state index contributed by atoms with van der Waals surface area (Å²) in [5, 5.41) is 33.3. The molecular weight excluding hydrogens is 524 g/mol. The first-order chi connectivity index (χ1) is 18.5. The SMILES string of the molecule is Cc1cc(O)c(C(C)(O)c2nc3ccc(C#N)cc3n2COCC[Si](C)(C)C)c2ccn(C(=O)OC(C)(C)C)c12. The van der Waals surface area contributed by atoms with Gasteiger partial charge in [0.25, 0.3) is 0 Å². The van der Waals surface area contributed by atoms with Gasteiger partial charge < -0.3 is 24.3 Å². The molecule has 0 saturated heterocycles. The predicted octanol–water partition coefficient (Wildman–Crippen LogP) is 6.23. The van der Waals surface area contributed by atoms with Crippen LogP contribution in [0.2, 0.25) is 25.7 Å². The average Bonchev–Trinajstić information content (AvgIpc) is 3.42. The lowest BCUT2D eigenvalue weighted by Crippen LogP contribution is -2.29. The van der Waals surface area contributed by atoms with E-state index in [1.54, 1.807) is 69.6 Å². The summed E-state index contributed by atoms with van der Waals surface area (Å²) >= 11 is 0. The number of hydrogen-bond donors (Lipinski definition) is 2. The second kappa shape index (κ2) is 10.4. The van der Waals surface area contributed by atoms with Gasteiger partial charge in [-0.2, -0.15) is 5.26 Å². The van der Waals surface area contributed by atoms with Crippen molar-refractivity contribution in [1.29, 1.82) is 5.26 Å². The number of phenolic OH excluding ortho intramolecular Hbond substituents is 1. The van der Waals surface area contributed by atoms with Gasteiger partial charge in [0, 0.05) is 31.8 Å². The minimum Gasteiger partial charge on any atom is -0.508 e. The maximum Gasteiger partial charge on any atom is 0.419 e. The summed E-state index contributed by atoms with van der Waals surface area (Å²) in [5.41, 5.74) is 0.535. The van der Waals surface area contributed by atoms with E-state index in [1.807, 2.05) is 0 Å². The Kier molecular flexibility index (Phi) is 7.62. The van der Waals surface area contributed by atoms with E-state index in [2.05, 4.69) is 25.7 Å². The van der Waals surface area contributed by atoms with E-state index in [4.69, 9.17) is 14.5 Å². The molecule has 0 aliphatic heterocycles. The molecule has 40 heavy (non-hydrogen) atoms. The molecule has 2 heterocycles. The fourth-order valence-electron chi connectivity index (χ4n) is 4.84. The zero-order valence-electron chi connectivity index (χ0n) is 24.5. The molecule has 9 nitrogen and oxygen atoms in total. The van der Waals surface area contributed by atoms with Crippen molar-refractivity contribution in [2.45, 2.75) is 78.2 Å². The van der Waals surface area contributed by atoms with Crippen LogP contribution < -0.4 is 0 Å². The lowest BCUT2D eigenvalue weighted by molar-refractivity contribution is 0.0541. The average molecular weight is 563 g/mol. The fourth-order valence-corrected chi connectivity index (χ4v) is 5.59. The standard InChI is InChI=1S/C30H38N4O5Si/c1-19-15-24(35)25(21-11-12-33(26(19)21)28(36)39-29(2,3)4)30(5,37)27-32-22-10-9-20(17-31)16-23(22)34(27)18-38-13-14-40(6,7)8/h9-12,15-16,35,37H,13-14,18H2,1-8H3. The molecule has 0 saturated carbocycles. The number of hydrogen-bond acceptors (Lipinski definition) is 7. The van der Waals surface area contributed by atoms with Gasteiger partial charge in [-0.05, 0) is 76.6 Å². The number of aryl methyl sites for hydroxylation is 1. The monoisotopic (exact) mass is 562 g/mol. The molecular formula is C30H38N4O5Si. The van der Waals surface area contributed by atoms with Crippen LogP contribution in [0.15, 0.2) is 36.5 Å². The number of nitrogens with zero attached hydrogens (tertiary/aromatic N) is 4. The number of imidazole rings is 1. The first-order valence-corrected chi connectivity index (χ1v) is 17.0. The smallest absolute Gasteiger partial charge is 0.419 e. The van der Waals surface area contributed by atoms with Crippen LogP contribution >= 0.6 is 0 Å². The normalized spacial score (nSPS) is 13.9. The molecule has 0 bridgehead atoms. The molecule has 4 rings (SSSR count). The lowest BCUT2D eigenvalue weighted by atomic mass is 9.89. The van der Waals surface area contributed by atoms with Crippen LogP contribution in [0.1, 0.15) is 50.2 Å². The second-order valence-corrected chi connectivity index (χ2v) is 18.2. The highest BCUT2D eigenvalue weighted by Gasteiger charge is 2.37. The van der Waals surface area contributed by atoms with Crippen LogP contribution in [0, 0.1) is 18.3 Å². The Bertz CT molecular complexity index is 1630. The van der Waals surface area contributed by atoms with Gasteiger partial charge in [-0.25, -0.2) is 9.78 Å². The number of aliphatic hydroxyl groups is 1. The van der Waals surface area contributed by atoms with Crippen LogP contribution in [-0.4, -0.2) is 50.7 Å². The van der Waals surface area contributed by atoms with E-state index in [0.29, 0.717) is 39.7 Å². The summed E-state index contributed by atoms with van der Waals surface area (Å²) in [4.78, 5) is 17.8. The minimum absolute atomic E-state index is 0.107. The highest BCUT2D eigenvalue weighted by molar-refractivity contribution is 6.76. The highest BCUT2D eigenvalue weighted by atomic mass is 28.3. The lowest BCUT2D eigenvalue weighted by Gasteiger charge is -2.27. The fraction of sp³-hybridized carbons (Fsp3) is 0.433. The van der Waals surface area contributed by atoms with Gasteiger partial charge in [0.05, 0.1) is 28.2 Å². The molecule has 0 aliphatic carbocycles. The molecule has 0 aliphatic rings. The molecule has 1 atom stereocenters. The third kappa shape index (κ3) is 5.77. The number of aromatic nitrogens is 3. The zero-order valence-corrected chi connectivity index (χ0v) is 25.5. The molecule has 4 aromatic rings. The molecule has 0 spiro atoms. The second-order valence-electron chi connectivity index (χ2n) is 12.6. The van der Waals surface area contributed by atoms with Gasteiger partial charge in [-0.1, -0.05) is 19.6 Å².